The van der Waals surface area contributed by atoms with Crippen molar-refractivity contribution < 1.29 is 9.90 Å². The van der Waals surface area contributed by atoms with Gasteiger partial charge < -0.3 is 15.0 Å². The molecule has 0 spiro atoms. The third-order valence-electron chi connectivity index (χ3n) is 2.74. The maximum atomic E-state index is 11.7. The van der Waals surface area contributed by atoms with Crippen molar-refractivity contribution in [2.24, 2.45) is 0 Å². The van der Waals surface area contributed by atoms with E-state index >= 15 is 0 Å². The summed E-state index contributed by atoms with van der Waals surface area (Å²) < 4.78 is 1.88. The Kier molecular flexibility index (Phi) is 4.69. The number of aliphatic hydroxyl groups is 1. The molecule has 0 aliphatic heterocycles. The van der Waals surface area contributed by atoms with Crippen LogP contribution in [0.15, 0.2) is 43.0 Å². The number of imidazole rings is 1. The Balaban J connectivity index is 1.97. The molecule has 0 aliphatic rings. The highest BCUT2D eigenvalue weighted by atomic mass is 16.2. The van der Waals surface area contributed by atoms with Crippen LogP contribution >= 0.6 is 0 Å². The highest BCUT2D eigenvalue weighted by Crippen LogP contribution is 2.14. The van der Waals surface area contributed by atoms with Crippen LogP contribution in [0.1, 0.15) is 19.3 Å². The van der Waals surface area contributed by atoms with Crippen LogP contribution in [0.25, 0.3) is 5.69 Å². The van der Waals surface area contributed by atoms with Gasteiger partial charge in [-0.2, -0.15) is 0 Å². The van der Waals surface area contributed by atoms with Gasteiger partial charge in [0.25, 0.3) is 0 Å². The van der Waals surface area contributed by atoms with E-state index in [0.29, 0.717) is 19.3 Å². The molecular formula is C14H17N3O2. The maximum absolute atomic E-state index is 11.7. The minimum absolute atomic E-state index is 0.0313. The average molecular weight is 259 g/mol. The summed E-state index contributed by atoms with van der Waals surface area (Å²) >= 11 is 0. The number of amides is 1. The molecule has 0 bridgehead atoms. The van der Waals surface area contributed by atoms with Crippen LogP contribution in [0.4, 0.5) is 5.69 Å². The van der Waals surface area contributed by atoms with E-state index in [1.54, 1.807) is 12.5 Å². The number of nitrogens with one attached hydrogen (secondary N) is 1. The van der Waals surface area contributed by atoms with Crippen LogP contribution in [0, 0.1) is 0 Å². The van der Waals surface area contributed by atoms with Gasteiger partial charge in [0.2, 0.25) is 5.91 Å². The van der Waals surface area contributed by atoms with Gasteiger partial charge in [0.1, 0.15) is 0 Å². The molecule has 100 valence electrons. The van der Waals surface area contributed by atoms with E-state index < -0.39 is 0 Å². The van der Waals surface area contributed by atoms with Crippen molar-refractivity contribution in [1.82, 2.24) is 9.55 Å². The second-order valence-corrected chi connectivity index (χ2v) is 4.25. The standard InChI is InChI=1S/C14H17N3O2/c18-9-2-1-6-14(19)16-12-4-3-5-13(10-12)17-8-7-15-11-17/h3-5,7-8,10-11,18H,1-2,6,9H2,(H,16,19). The second kappa shape index (κ2) is 6.70. The number of hydrogen-bond donors (Lipinski definition) is 2. The lowest BCUT2D eigenvalue weighted by atomic mass is 10.2. The van der Waals surface area contributed by atoms with E-state index in [0.717, 1.165) is 11.4 Å². The minimum Gasteiger partial charge on any atom is -0.396 e. The second-order valence-electron chi connectivity index (χ2n) is 4.25. The van der Waals surface area contributed by atoms with E-state index in [-0.39, 0.29) is 12.5 Å². The number of hydrogen-bond acceptors (Lipinski definition) is 3. The zero-order chi connectivity index (χ0) is 13.5. The Morgan fingerprint density at radius 1 is 1.37 bits per heavy atom. The monoisotopic (exact) mass is 259 g/mol. The molecule has 0 aliphatic carbocycles. The first-order valence-electron chi connectivity index (χ1n) is 6.29. The molecule has 0 radical (unpaired) electrons. The highest BCUT2D eigenvalue weighted by molar-refractivity contribution is 5.90. The molecule has 1 aromatic carbocycles. The normalized spacial score (nSPS) is 10.4. The summed E-state index contributed by atoms with van der Waals surface area (Å²) in [4.78, 5) is 15.7. The van der Waals surface area contributed by atoms with Crippen LogP contribution in [0.2, 0.25) is 0 Å². The van der Waals surface area contributed by atoms with Crippen LogP contribution < -0.4 is 5.32 Å². The van der Waals surface area contributed by atoms with E-state index in [4.69, 9.17) is 5.11 Å². The Hall–Kier alpha value is -2.14. The number of anilines is 1. The molecule has 0 unspecified atom stereocenters. The number of nitrogens with zero attached hydrogens (tertiary/aromatic N) is 2. The molecule has 5 heteroatoms. The predicted octanol–water partition coefficient (Wildman–Crippen LogP) is 1.97. The molecule has 0 saturated carbocycles. The lowest BCUT2D eigenvalue weighted by molar-refractivity contribution is -0.116. The first kappa shape index (κ1) is 13.3. The van der Waals surface area contributed by atoms with Gasteiger partial charge >= 0.3 is 0 Å². The molecule has 1 aromatic heterocycles. The molecule has 2 aromatic rings. The van der Waals surface area contributed by atoms with Gasteiger partial charge in [-0.05, 0) is 31.0 Å². The molecule has 0 fully saturated rings. The van der Waals surface area contributed by atoms with Crippen LogP contribution in [0.3, 0.4) is 0 Å². The van der Waals surface area contributed by atoms with Crippen molar-refractivity contribution in [3.63, 3.8) is 0 Å². The van der Waals surface area contributed by atoms with Gasteiger partial charge in [0.05, 0.1) is 6.33 Å². The summed E-state index contributed by atoms with van der Waals surface area (Å²) in [5, 5.41) is 11.5. The van der Waals surface area contributed by atoms with Crippen molar-refractivity contribution in [2.75, 3.05) is 11.9 Å². The highest BCUT2D eigenvalue weighted by Gasteiger charge is 2.03. The van der Waals surface area contributed by atoms with E-state index in [1.165, 1.54) is 0 Å². The van der Waals surface area contributed by atoms with Crippen LogP contribution in [-0.2, 0) is 4.79 Å². The molecule has 0 atom stereocenters. The fourth-order valence-corrected chi connectivity index (χ4v) is 1.78. The van der Waals surface area contributed by atoms with Crippen molar-refractivity contribution >= 4 is 11.6 Å². The maximum Gasteiger partial charge on any atom is 0.224 e. The first-order valence-corrected chi connectivity index (χ1v) is 6.29. The Labute approximate surface area is 111 Å². The third kappa shape index (κ3) is 3.93. The summed E-state index contributed by atoms with van der Waals surface area (Å²) in [7, 11) is 0. The predicted molar refractivity (Wildman–Crippen MR) is 73.1 cm³/mol. The Morgan fingerprint density at radius 3 is 3.00 bits per heavy atom. The summed E-state index contributed by atoms with van der Waals surface area (Å²) in [6, 6.07) is 7.58. The zero-order valence-corrected chi connectivity index (χ0v) is 10.6. The van der Waals surface area contributed by atoms with Gasteiger partial charge in [0, 0.05) is 36.8 Å². The Bertz CT molecular complexity index is 523. The summed E-state index contributed by atoms with van der Waals surface area (Å²) in [6.07, 6.45) is 7.05. The number of carbonyl (C=O) groups is 1. The van der Waals surface area contributed by atoms with Crippen molar-refractivity contribution in [2.45, 2.75) is 19.3 Å². The largest absolute Gasteiger partial charge is 0.396 e. The van der Waals surface area contributed by atoms with Gasteiger partial charge in [-0.25, -0.2) is 4.98 Å². The summed E-state index contributed by atoms with van der Waals surface area (Å²) in [5.74, 6) is -0.0313. The smallest absolute Gasteiger partial charge is 0.224 e. The summed E-state index contributed by atoms with van der Waals surface area (Å²) in [6.45, 7) is 0.128. The number of carbonyl (C=O) groups excluding carboxylic acids is 1. The minimum atomic E-state index is -0.0313. The van der Waals surface area contributed by atoms with Gasteiger partial charge in [-0.1, -0.05) is 6.07 Å². The van der Waals surface area contributed by atoms with Crippen LogP contribution in [-0.4, -0.2) is 27.2 Å². The van der Waals surface area contributed by atoms with Crippen molar-refractivity contribution in [1.29, 1.82) is 0 Å². The van der Waals surface area contributed by atoms with E-state index in [9.17, 15) is 4.79 Å². The fraction of sp³-hybridized carbons (Fsp3) is 0.286. The molecule has 0 saturated heterocycles. The quantitative estimate of drug-likeness (QED) is 0.779. The van der Waals surface area contributed by atoms with E-state index in [1.807, 2.05) is 35.0 Å². The summed E-state index contributed by atoms with van der Waals surface area (Å²) in [5.41, 5.74) is 1.71. The molecular weight excluding hydrogens is 242 g/mol. The average Bonchev–Trinajstić information content (AvgIpc) is 2.93. The Morgan fingerprint density at radius 2 is 2.26 bits per heavy atom. The van der Waals surface area contributed by atoms with Crippen molar-refractivity contribution in [3.8, 4) is 5.69 Å². The molecule has 19 heavy (non-hydrogen) atoms. The van der Waals surface area contributed by atoms with Gasteiger partial charge in [0.15, 0.2) is 0 Å². The zero-order valence-electron chi connectivity index (χ0n) is 10.6. The molecule has 5 nitrogen and oxygen atoms in total. The number of unbranched alkanes of at least 4 members (excludes halogenated alkanes) is 1. The van der Waals surface area contributed by atoms with Gasteiger partial charge in [-0.15, -0.1) is 0 Å². The van der Waals surface area contributed by atoms with Crippen molar-refractivity contribution in [3.05, 3.63) is 43.0 Å². The van der Waals surface area contributed by atoms with Crippen LogP contribution in [0.5, 0.6) is 0 Å². The SMILES string of the molecule is O=C(CCCCO)Nc1cccc(-n2ccnc2)c1. The lowest BCUT2D eigenvalue weighted by Gasteiger charge is -2.07. The third-order valence-corrected chi connectivity index (χ3v) is 2.74. The fourth-order valence-electron chi connectivity index (χ4n) is 1.78. The molecule has 2 N–H and O–H groups in total. The number of benzene rings is 1. The molecule has 1 amide bonds. The molecule has 1 heterocycles. The first-order chi connectivity index (χ1) is 9.29. The van der Waals surface area contributed by atoms with Gasteiger partial charge in [-0.3, -0.25) is 4.79 Å². The lowest BCUT2D eigenvalue weighted by Crippen LogP contribution is -2.11. The topological polar surface area (TPSA) is 67.2 Å². The van der Waals surface area contributed by atoms with E-state index in [2.05, 4.69) is 10.3 Å². The molecule has 2 rings (SSSR count). The number of aromatic nitrogens is 2. The number of aliphatic hydroxyl groups excluding tert-OH is 1. The number of rotatable bonds is 6.